The van der Waals surface area contributed by atoms with E-state index in [1.807, 2.05) is 6.07 Å². The van der Waals surface area contributed by atoms with Gasteiger partial charge < -0.3 is 0 Å². The minimum Gasteiger partial charge on any atom is -0.289 e. The van der Waals surface area contributed by atoms with Gasteiger partial charge >= 0.3 is 0 Å². The van der Waals surface area contributed by atoms with Crippen LogP contribution in [0.1, 0.15) is 36.1 Å². The number of nitriles is 1. The van der Waals surface area contributed by atoms with E-state index in [1.165, 1.54) is 24.0 Å². The van der Waals surface area contributed by atoms with Crippen molar-refractivity contribution < 1.29 is 0 Å². The highest BCUT2D eigenvalue weighted by Gasteiger charge is 2.36. The van der Waals surface area contributed by atoms with Crippen LogP contribution >= 0.6 is 0 Å². The molecule has 2 atom stereocenters. The number of benzene rings is 1. The Hall–Kier alpha value is -2.44. The van der Waals surface area contributed by atoms with Crippen LogP contribution in [0, 0.1) is 11.3 Å². The van der Waals surface area contributed by atoms with Gasteiger partial charge in [-0.15, -0.1) is 0 Å². The highest BCUT2D eigenvalue weighted by Crippen LogP contribution is 2.38. The third-order valence-electron chi connectivity index (χ3n) is 4.97. The van der Waals surface area contributed by atoms with Gasteiger partial charge in [-0.25, -0.2) is 0 Å². The summed E-state index contributed by atoms with van der Waals surface area (Å²) in [5.41, 5.74) is 4.35. The SMILES string of the molecule is N#Cc1ccnc(C2=CC3CCC(C2)N3Cc2ccccc2)c1. The van der Waals surface area contributed by atoms with Gasteiger partial charge in [0.25, 0.3) is 0 Å². The first-order valence-electron chi connectivity index (χ1n) is 8.20. The fourth-order valence-corrected chi connectivity index (χ4v) is 3.82. The quantitative estimate of drug-likeness (QED) is 0.866. The largest absolute Gasteiger partial charge is 0.289 e. The molecule has 0 spiro atoms. The molecule has 0 N–H and O–H groups in total. The smallest absolute Gasteiger partial charge is 0.0992 e. The van der Waals surface area contributed by atoms with Crippen LogP contribution in [0.5, 0.6) is 0 Å². The number of hydrogen-bond acceptors (Lipinski definition) is 3. The summed E-state index contributed by atoms with van der Waals surface area (Å²) in [6, 6.07) is 17.7. The molecule has 4 rings (SSSR count). The standard InChI is InChI=1S/C20H19N3/c21-13-16-8-9-22-20(10-16)17-11-18-6-7-19(12-17)23(18)14-15-4-2-1-3-5-15/h1-5,8-11,18-19H,6-7,12,14H2. The predicted octanol–water partition coefficient (Wildman–Crippen LogP) is 3.77. The Balaban J connectivity index is 1.58. The molecule has 0 radical (unpaired) electrons. The Labute approximate surface area is 136 Å². The molecule has 2 unspecified atom stereocenters. The number of hydrogen-bond donors (Lipinski definition) is 0. The van der Waals surface area contributed by atoms with Crippen molar-refractivity contribution in [1.82, 2.24) is 9.88 Å². The number of aromatic nitrogens is 1. The predicted molar refractivity (Wildman–Crippen MR) is 90.3 cm³/mol. The first-order chi connectivity index (χ1) is 11.3. The van der Waals surface area contributed by atoms with E-state index < -0.39 is 0 Å². The van der Waals surface area contributed by atoms with Crippen LogP contribution in [0.15, 0.2) is 54.7 Å². The molecule has 0 aliphatic carbocycles. The average Bonchev–Trinajstić information content (AvgIpc) is 2.84. The molecule has 23 heavy (non-hydrogen) atoms. The number of nitrogens with zero attached hydrogens (tertiary/aromatic N) is 3. The molecule has 0 saturated carbocycles. The van der Waals surface area contributed by atoms with Crippen molar-refractivity contribution in [3.8, 4) is 6.07 Å². The fraction of sp³-hybridized carbons (Fsp3) is 0.300. The van der Waals surface area contributed by atoms with E-state index >= 15 is 0 Å². The minimum absolute atomic E-state index is 0.497. The van der Waals surface area contributed by atoms with Gasteiger partial charge in [-0.2, -0.15) is 5.26 Å². The zero-order valence-corrected chi connectivity index (χ0v) is 13.0. The number of rotatable bonds is 3. The molecule has 3 nitrogen and oxygen atoms in total. The highest BCUT2D eigenvalue weighted by molar-refractivity contribution is 5.66. The van der Waals surface area contributed by atoms with Gasteiger partial charge in [-0.1, -0.05) is 36.4 Å². The van der Waals surface area contributed by atoms with E-state index in [4.69, 9.17) is 5.26 Å². The Bertz CT molecular complexity index is 773. The first kappa shape index (κ1) is 14.2. The van der Waals surface area contributed by atoms with Gasteiger partial charge in [0.2, 0.25) is 0 Å². The molecular weight excluding hydrogens is 282 g/mol. The summed E-state index contributed by atoms with van der Waals surface area (Å²) in [6.45, 7) is 1.02. The zero-order valence-electron chi connectivity index (χ0n) is 13.0. The van der Waals surface area contributed by atoms with Gasteiger partial charge in [-0.3, -0.25) is 9.88 Å². The van der Waals surface area contributed by atoms with E-state index in [1.54, 1.807) is 12.3 Å². The van der Waals surface area contributed by atoms with Crippen LogP contribution in [-0.2, 0) is 6.54 Å². The van der Waals surface area contributed by atoms with Crippen molar-refractivity contribution in [1.29, 1.82) is 5.26 Å². The first-order valence-corrected chi connectivity index (χ1v) is 8.20. The molecule has 1 saturated heterocycles. The van der Waals surface area contributed by atoms with E-state index in [0.29, 0.717) is 17.6 Å². The minimum atomic E-state index is 0.497. The number of fused-ring (bicyclic) bond motifs is 2. The lowest BCUT2D eigenvalue weighted by Gasteiger charge is -2.34. The highest BCUT2D eigenvalue weighted by atomic mass is 15.2. The molecule has 2 aliphatic rings. The van der Waals surface area contributed by atoms with Gasteiger partial charge in [-0.05, 0) is 42.5 Å². The molecule has 3 heterocycles. The summed E-state index contributed by atoms with van der Waals surface area (Å²) in [6.07, 6.45) is 7.61. The second-order valence-corrected chi connectivity index (χ2v) is 6.39. The molecule has 1 aromatic heterocycles. The molecule has 114 valence electrons. The van der Waals surface area contributed by atoms with Crippen LogP contribution < -0.4 is 0 Å². The summed E-state index contributed by atoms with van der Waals surface area (Å²) >= 11 is 0. The van der Waals surface area contributed by atoms with Gasteiger partial charge in [0.1, 0.15) is 0 Å². The molecule has 1 aromatic carbocycles. The second-order valence-electron chi connectivity index (χ2n) is 6.39. The maximum absolute atomic E-state index is 9.08. The Kier molecular flexibility index (Phi) is 3.69. The summed E-state index contributed by atoms with van der Waals surface area (Å²) in [5, 5.41) is 9.08. The Morgan fingerprint density at radius 3 is 2.83 bits per heavy atom. The van der Waals surface area contributed by atoms with Gasteiger partial charge in [0.05, 0.1) is 17.3 Å². The van der Waals surface area contributed by atoms with Crippen molar-refractivity contribution in [2.75, 3.05) is 0 Å². The van der Waals surface area contributed by atoms with Gasteiger partial charge in [0.15, 0.2) is 0 Å². The van der Waals surface area contributed by atoms with E-state index in [-0.39, 0.29) is 0 Å². The lowest BCUT2D eigenvalue weighted by Crippen LogP contribution is -2.37. The topological polar surface area (TPSA) is 39.9 Å². The van der Waals surface area contributed by atoms with Crippen LogP contribution in [0.25, 0.3) is 5.57 Å². The fourth-order valence-electron chi connectivity index (χ4n) is 3.82. The van der Waals surface area contributed by atoms with Crippen molar-refractivity contribution in [3.63, 3.8) is 0 Å². The molecule has 2 aliphatic heterocycles. The van der Waals surface area contributed by atoms with Crippen LogP contribution in [0.2, 0.25) is 0 Å². The summed E-state index contributed by atoms with van der Waals surface area (Å²) in [5.74, 6) is 0. The molecule has 3 heteroatoms. The lowest BCUT2D eigenvalue weighted by atomic mass is 9.97. The Morgan fingerprint density at radius 2 is 2.04 bits per heavy atom. The Morgan fingerprint density at radius 1 is 1.17 bits per heavy atom. The van der Waals surface area contributed by atoms with Crippen molar-refractivity contribution in [3.05, 3.63) is 71.6 Å². The molecule has 2 aromatic rings. The lowest BCUT2D eigenvalue weighted by molar-refractivity contribution is 0.203. The van der Waals surface area contributed by atoms with Crippen LogP contribution in [0.4, 0.5) is 0 Å². The monoisotopic (exact) mass is 301 g/mol. The maximum atomic E-state index is 9.08. The normalized spacial score (nSPS) is 23.3. The summed E-state index contributed by atoms with van der Waals surface area (Å²) in [7, 11) is 0. The molecule has 2 bridgehead atoms. The summed E-state index contributed by atoms with van der Waals surface area (Å²) < 4.78 is 0. The van der Waals surface area contributed by atoms with Crippen LogP contribution in [-0.4, -0.2) is 22.0 Å². The zero-order chi connectivity index (χ0) is 15.6. The summed E-state index contributed by atoms with van der Waals surface area (Å²) in [4.78, 5) is 7.10. The number of pyridine rings is 1. The maximum Gasteiger partial charge on any atom is 0.0992 e. The van der Waals surface area contributed by atoms with E-state index in [2.05, 4.69) is 52.4 Å². The van der Waals surface area contributed by atoms with Crippen molar-refractivity contribution in [2.24, 2.45) is 0 Å². The molecule has 1 fully saturated rings. The molecular formula is C20H19N3. The average molecular weight is 301 g/mol. The second kappa shape index (κ2) is 5.98. The van der Waals surface area contributed by atoms with Crippen LogP contribution in [0.3, 0.4) is 0 Å². The van der Waals surface area contributed by atoms with E-state index in [9.17, 15) is 0 Å². The molecule has 0 amide bonds. The third-order valence-corrected chi connectivity index (χ3v) is 4.97. The van der Waals surface area contributed by atoms with Crippen molar-refractivity contribution >= 4 is 5.57 Å². The van der Waals surface area contributed by atoms with Gasteiger partial charge in [0, 0.05) is 24.8 Å². The van der Waals surface area contributed by atoms with E-state index in [0.717, 1.165) is 18.7 Å². The third kappa shape index (κ3) is 2.78. The van der Waals surface area contributed by atoms with Crippen molar-refractivity contribution in [2.45, 2.75) is 37.9 Å².